The van der Waals surface area contributed by atoms with Crippen LogP contribution in [0.3, 0.4) is 0 Å². The molecule has 6 aromatic rings. The molecular weight excluding hydrogens is 1150 g/mol. The summed E-state index contributed by atoms with van der Waals surface area (Å²) in [5.41, 5.74) is -3.04. The Labute approximate surface area is 425 Å². The van der Waals surface area contributed by atoms with Gasteiger partial charge in [0, 0.05) is 46.3 Å². The molecule has 0 aliphatic rings. The van der Waals surface area contributed by atoms with E-state index in [4.69, 9.17) is 5.73 Å². The SMILES string of the molecule is COS(=O)(=O)c1ccc(N=Nc2cc(CS(=O)(=O)O)c3cc(S(=O)(=O)O)c(N=Nc4ccc([N+](=O)[O-])cc4CS(=O)(=O)O)c(O)c3c2N)c2c(O)c(N=Nc3ccc([N+](=O)[O-])cc3CS(=O)(=O)O)c(CS(=O)(=O)O)cc12. The average Bonchev–Trinajstić information content (AvgIpc) is 3.26. The van der Waals surface area contributed by atoms with Crippen LogP contribution in [0.25, 0.3) is 21.5 Å². The molecule has 0 aliphatic carbocycles. The number of nitrogens with zero attached hydrogens (tertiary/aromatic N) is 8. The first kappa shape index (κ1) is 57.6. The van der Waals surface area contributed by atoms with Crippen LogP contribution in [0.1, 0.15) is 22.3 Å². The number of rotatable bonds is 19. The number of hydrogen-bond donors (Lipinski definition) is 8. The van der Waals surface area contributed by atoms with Gasteiger partial charge in [-0.15, -0.1) is 20.5 Å². The number of nitro groups is 2. The first-order valence-electron chi connectivity index (χ1n) is 19.7. The number of azo groups is 3. The van der Waals surface area contributed by atoms with Crippen LogP contribution in [0.4, 0.5) is 51.2 Å². The quantitative estimate of drug-likeness (QED) is 0.0112. The number of fused-ring (bicyclic) bond motifs is 2. The minimum absolute atomic E-state index is 0.495. The second-order valence-corrected chi connectivity index (χ2v) is 24.3. The van der Waals surface area contributed by atoms with Crippen LogP contribution < -0.4 is 5.73 Å². The van der Waals surface area contributed by atoms with Crippen molar-refractivity contribution in [3.63, 3.8) is 0 Å². The van der Waals surface area contributed by atoms with Crippen molar-refractivity contribution >= 4 is 133 Å². The number of phenols is 2. The molecule has 0 atom stereocenters. The van der Waals surface area contributed by atoms with Crippen molar-refractivity contribution in [1.29, 1.82) is 0 Å². The van der Waals surface area contributed by atoms with E-state index >= 15 is 0 Å². The summed E-state index contributed by atoms with van der Waals surface area (Å²) in [5.74, 6) is -8.14. The summed E-state index contributed by atoms with van der Waals surface area (Å²) < 4.78 is 202. The van der Waals surface area contributed by atoms with E-state index in [9.17, 15) is 104 Å². The van der Waals surface area contributed by atoms with Gasteiger partial charge in [-0.05, 0) is 53.4 Å². The molecule has 0 unspecified atom stereocenters. The van der Waals surface area contributed by atoms with Crippen molar-refractivity contribution in [2.45, 2.75) is 32.8 Å². The van der Waals surface area contributed by atoms with Crippen molar-refractivity contribution in [1.82, 2.24) is 0 Å². The summed E-state index contributed by atoms with van der Waals surface area (Å²) in [4.78, 5) is 18.8. The number of benzene rings is 6. The third kappa shape index (κ3) is 13.4. The highest BCUT2D eigenvalue weighted by Gasteiger charge is 2.29. The summed E-state index contributed by atoms with van der Waals surface area (Å²) in [7, 11) is -29.9. The molecule has 0 spiro atoms. The maximum atomic E-state index is 13.2. The molecule has 6 rings (SSSR count). The molecule has 39 heteroatoms. The van der Waals surface area contributed by atoms with Crippen molar-refractivity contribution < 1.29 is 97.5 Å². The van der Waals surface area contributed by atoms with Crippen LogP contribution in [0.15, 0.2) is 107 Å². The first-order chi connectivity index (χ1) is 34.9. The van der Waals surface area contributed by atoms with Crippen LogP contribution in [-0.4, -0.2) is 100 Å². The Hall–Kier alpha value is -7.70. The Morgan fingerprint density at radius 1 is 0.487 bits per heavy atom. The van der Waals surface area contributed by atoms with Crippen LogP contribution >= 0.6 is 0 Å². The largest absolute Gasteiger partial charge is 0.505 e. The molecule has 76 heavy (non-hydrogen) atoms. The number of nitro benzene ring substituents is 2. The van der Waals surface area contributed by atoms with E-state index in [1.54, 1.807) is 0 Å². The van der Waals surface area contributed by atoms with E-state index in [0.29, 0.717) is 25.3 Å². The summed E-state index contributed by atoms with van der Waals surface area (Å²) >= 11 is 0. The highest BCUT2D eigenvalue weighted by atomic mass is 32.2. The predicted molar refractivity (Wildman–Crippen MR) is 259 cm³/mol. The molecule has 0 aromatic heterocycles. The van der Waals surface area contributed by atoms with Gasteiger partial charge in [-0.1, -0.05) is 0 Å². The number of nitrogen functional groups attached to an aromatic ring is 1. The van der Waals surface area contributed by atoms with Gasteiger partial charge < -0.3 is 15.9 Å². The first-order valence-corrected chi connectivity index (χ1v) is 29.0. The molecule has 0 fully saturated rings. The van der Waals surface area contributed by atoms with Crippen molar-refractivity contribution in [3.8, 4) is 11.5 Å². The molecule has 33 nitrogen and oxygen atoms in total. The lowest BCUT2D eigenvalue weighted by atomic mass is 10.0. The van der Waals surface area contributed by atoms with Gasteiger partial charge >= 0.3 is 0 Å². The van der Waals surface area contributed by atoms with Crippen LogP contribution in [0.2, 0.25) is 0 Å². The van der Waals surface area contributed by atoms with Crippen LogP contribution in [0, 0.1) is 20.2 Å². The van der Waals surface area contributed by atoms with Crippen molar-refractivity contribution in [3.05, 3.63) is 109 Å². The summed E-state index contributed by atoms with van der Waals surface area (Å²) in [6.45, 7) is 0. The van der Waals surface area contributed by atoms with Gasteiger partial charge in [-0.2, -0.15) is 60.7 Å². The normalized spacial score (nSPS) is 13.2. The topological polar surface area (TPSA) is 542 Å². The standard InChI is InChI=1S/C37H31N9O24S6/c1-70-76(68,69)29-7-6-27(31-24(29)10-20(16-74(62,63)64)34(36(31)47)43-39-25-4-2-21(45(49)50)8-18(25)14-72(56,57)58)41-42-28-11-17(13-71(53,54)55)23-12-30(75(65,66)67)35(37(48)32(23)33(28)38)44-40-26-5-3-22(46(51)52)9-19(26)15-73(59,60)61/h2-12,47-48H,13-16,38H2,1H3,(H,53,54,55)(H,56,57,58)(H,59,60,61)(H,62,63,64)(H,65,66,67). The smallest absolute Gasteiger partial charge is 0.297 e. The molecule has 9 N–H and O–H groups in total. The second kappa shape index (κ2) is 20.8. The highest BCUT2D eigenvalue weighted by Crippen LogP contribution is 2.50. The summed E-state index contributed by atoms with van der Waals surface area (Å²) in [5, 5.41) is 66.2. The predicted octanol–water partition coefficient (Wildman–Crippen LogP) is 6.18. The Morgan fingerprint density at radius 3 is 1.37 bits per heavy atom. The molecule has 0 heterocycles. The number of phenolic OH excluding ortho intramolecular Hbond substituents is 2. The van der Waals surface area contributed by atoms with E-state index in [1.807, 2.05) is 0 Å². The summed E-state index contributed by atoms with van der Waals surface area (Å²) in [6.07, 6.45) is 0. The second-order valence-electron chi connectivity index (χ2n) is 15.4. The number of hydrogen-bond acceptors (Lipinski definition) is 26. The monoisotopic (exact) mass is 1180 g/mol. The van der Waals surface area contributed by atoms with Crippen LogP contribution in [0.5, 0.6) is 11.5 Å². The van der Waals surface area contributed by atoms with E-state index in [0.717, 1.165) is 48.5 Å². The maximum absolute atomic E-state index is 13.2. The molecule has 0 radical (unpaired) electrons. The molecule has 0 aliphatic heterocycles. The lowest BCUT2D eigenvalue weighted by molar-refractivity contribution is -0.385. The molecule has 0 amide bonds. The zero-order chi connectivity index (χ0) is 56.8. The average molecular weight is 1180 g/mol. The molecule has 0 saturated carbocycles. The Bertz CT molecular complexity index is 4310. The number of nitrogens with two attached hydrogens (primary N) is 1. The number of anilines is 1. The van der Waals surface area contributed by atoms with E-state index in [2.05, 4.69) is 34.9 Å². The molecule has 6 aromatic carbocycles. The lowest BCUT2D eigenvalue weighted by Crippen LogP contribution is -2.06. The minimum atomic E-state index is -5.56. The number of aromatic hydroxyl groups is 2. The number of non-ortho nitro benzene ring substituents is 2. The Balaban J connectivity index is 1.66. The zero-order valence-electron chi connectivity index (χ0n) is 37.4. The van der Waals surface area contributed by atoms with Gasteiger partial charge in [-0.3, -0.25) is 47.2 Å². The van der Waals surface area contributed by atoms with E-state index in [1.165, 1.54) is 0 Å². The third-order valence-electron chi connectivity index (χ3n) is 10.2. The summed E-state index contributed by atoms with van der Waals surface area (Å²) in [6, 6.07) is 8.14. The van der Waals surface area contributed by atoms with Gasteiger partial charge in [0.2, 0.25) is 0 Å². The maximum Gasteiger partial charge on any atom is 0.297 e. The lowest BCUT2D eigenvalue weighted by Gasteiger charge is -2.16. The minimum Gasteiger partial charge on any atom is -0.505 e. The molecule has 0 saturated heterocycles. The van der Waals surface area contributed by atoms with Gasteiger partial charge in [0.25, 0.3) is 72.1 Å². The Morgan fingerprint density at radius 2 is 0.908 bits per heavy atom. The fraction of sp³-hybridized carbons (Fsp3) is 0.135. The zero-order valence-corrected chi connectivity index (χ0v) is 42.3. The Kier molecular flexibility index (Phi) is 15.7. The third-order valence-corrected chi connectivity index (χ3v) is 15.1. The van der Waals surface area contributed by atoms with Gasteiger partial charge in [0.05, 0.1) is 50.5 Å². The fourth-order valence-electron chi connectivity index (χ4n) is 7.11. The fourth-order valence-corrected chi connectivity index (χ4v) is 11.1. The molecule has 0 bridgehead atoms. The highest BCUT2D eigenvalue weighted by molar-refractivity contribution is 7.87. The van der Waals surface area contributed by atoms with Gasteiger partial charge in [0.1, 0.15) is 49.9 Å². The van der Waals surface area contributed by atoms with Crippen LogP contribution in [-0.2, 0) is 87.9 Å². The van der Waals surface area contributed by atoms with Crippen molar-refractivity contribution in [2.75, 3.05) is 12.8 Å². The molecular formula is C37H31N9O24S6. The molecule has 404 valence electrons. The van der Waals surface area contributed by atoms with E-state index < -0.39 is 210 Å². The van der Waals surface area contributed by atoms with Gasteiger partial charge in [0.15, 0.2) is 11.5 Å². The van der Waals surface area contributed by atoms with Gasteiger partial charge in [-0.25, -0.2) is 0 Å². The van der Waals surface area contributed by atoms with E-state index in [-0.39, 0.29) is 0 Å². The van der Waals surface area contributed by atoms with Crippen molar-refractivity contribution in [2.24, 2.45) is 30.7 Å².